The number of halogens is 1. The Labute approximate surface area is 124 Å². The van der Waals surface area contributed by atoms with Crippen molar-refractivity contribution in [1.29, 1.82) is 0 Å². The molecule has 0 aliphatic heterocycles. The van der Waals surface area contributed by atoms with Gasteiger partial charge in [-0.2, -0.15) is 0 Å². The molecule has 0 saturated carbocycles. The van der Waals surface area contributed by atoms with Crippen LogP contribution in [0.5, 0.6) is 0 Å². The number of H-pyrrole nitrogens is 1. The molecule has 0 atom stereocenters. The Bertz CT molecular complexity index is 711. The monoisotopic (exact) mass is 309 g/mol. The predicted octanol–water partition coefficient (Wildman–Crippen LogP) is 1.45. The smallest absolute Gasteiger partial charge is 0.303 e. The number of rotatable bonds is 4. The molecular weight excluding hydrogens is 298 g/mol. The SMILES string of the molecule is O=C(O)CCC(=O)NNC(=O)c1cc2cc(Cl)ccc2[nH]1. The average Bonchev–Trinajstić information content (AvgIpc) is 2.85. The number of carbonyl (C=O) groups is 3. The van der Waals surface area contributed by atoms with E-state index < -0.39 is 17.8 Å². The van der Waals surface area contributed by atoms with Gasteiger partial charge in [-0.25, -0.2) is 0 Å². The predicted molar refractivity (Wildman–Crippen MR) is 75.8 cm³/mol. The van der Waals surface area contributed by atoms with E-state index in [1.165, 1.54) is 0 Å². The van der Waals surface area contributed by atoms with Crippen molar-refractivity contribution < 1.29 is 19.5 Å². The van der Waals surface area contributed by atoms with Gasteiger partial charge in [0.2, 0.25) is 5.91 Å². The molecule has 2 aromatic rings. The van der Waals surface area contributed by atoms with Crippen molar-refractivity contribution in [2.75, 3.05) is 0 Å². The van der Waals surface area contributed by atoms with Crippen LogP contribution >= 0.6 is 11.6 Å². The van der Waals surface area contributed by atoms with Gasteiger partial charge >= 0.3 is 5.97 Å². The van der Waals surface area contributed by atoms with E-state index in [2.05, 4.69) is 15.8 Å². The summed E-state index contributed by atoms with van der Waals surface area (Å²) in [5.74, 6) is -2.19. The van der Waals surface area contributed by atoms with Crippen molar-refractivity contribution in [1.82, 2.24) is 15.8 Å². The zero-order valence-electron chi connectivity index (χ0n) is 10.8. The third-order valence-electron chi connectivity index (χ3n) is 2.71. The number of carbonyl (C=O) groups excluding carboxylic acids is 2. The van der Waals surface area contributed by atoms with Crippen molar-refractivity contribution in [3.8, 4) is 0 Å². The number of nitrogens with one attached hydrogen (secondary N) is 3. The molecule has 0 saturated heterocycles. The molecule has 4 N–H and O–H groups in total. The van der Waals surface area contributed by atoms with Crippen LogP contribution in [0.3, 0.4) is 0 Å². The molecule has 2 amide bonds. The molecule has 110 valence electrons. The first-order valence-electron chi connectivity index (χ1n) is 6.05. The fourth-order valence-electron chi connectivity index (χ4n) is 1.70. The maximum absolute atomic E-state index is 11.8. The van der Waals surface area contributed by atoms with E-state index in [1.54, 1.807) is 24.3 Å². The summed E-state index contributed by atoms with van der Waals surface area (Å²) in [4.78, 5) is 36.3. The van der Waals surface area contributed by atoms with E-state index in [0.717, 1.165) is 10.9 Å². The summed E-state index contributed by atoms with van der Waals surface area (Å²) >= 11 is 5.85. The molecule has 1 heterocycles. The van der Waals surface area contributed by atoms with Gasteiger partial charge in [-0.1, -0.05) is 11.6 Å². The molecule has 21 heavy (non-hydrogen) atoms. The number of aromatic amines is 1. The molecule has 7 nitrogen and oxygen atoms in total. The van der Waals surface area contributed by atoms with Gasteiger partial charge in [0.25, 0.3) is 5.91 Å². The quantitative estimate of drug-likeness (QED) is 0.640. The molecule has 0 unspecified atom stereocenters. The highest BCUT2D eigenvalue weighted by molar-refractivity contribution is 6.31. The standard InChI is InChI=1S/C13H12ClN3O4/c14-8-1-2-9-7(5-8)6-10(15-9)13(21)17-16-11(18)3-4-12(19)20/h1-2,5-6,15H,3-4H2,(H,16,18)(H,17,21)(H,19,20). The minimum atomic E-state index is -1.08. The van der Waals surface area contributed by atoms with Crippen LogP contribution in [0.4, 0.5) is 0 Å². The van der Waals surface area contributed by atoms with Gasteiger partial charge in [0.1, 0.15) is 5.69 Å². The number of benzene rings is 1. The van der Waals surface area contributed by atoms with Crippen LogP contribution in [0, 0.1) is 0 Å². The molecule has 1 aromatic heterocycles. The van der Waals surface area contributed by atoms with Crippen LogP contribution in [-0.4, -0.2) is 27.9 Å². The molecule has 0 bridgehead atoms. The third-order valence-corrected chi connectivity index (χ3v) is 2.94. The van der Waals surface area contributed by atoms with E-state index in [0.29, 0.717) is 5.02 Å². The minimum absolute atomic E-state index is 0.210. The summed E-state index contributed by atoms with van der Waals surface area (Å²) in [6.45, 7) is 0. The zero-order valence-corrected chi connectivity index (χ0v) is 11.5. The molecule has 0 radical (unpaired) electrons. The Morgan fingerprint density at radius 2 is 1.90 bits per heavy atom. The summed E-state index contributed by atoms with van der Waals surface area (Å²) in [5, 5.41) is 9.76. The van der Waals surface area contributed by atoms with Crippen molar-refractivity contribution >= 4 is 40.3 Å². The largest absolute Gasteiger partial charge is 0.481 e. The summed E-state index contributed by atoms with van der Waals surface area (Å²) in [7, 11) is 0. The Morgan fingerprint density at radius 3 is 2.62 bits per heavy atom. The Kier molecular flexibility index (Phi) is 4.44. The van der Waals surface area contributed by atoms with E-state index in [-0.39, 0.29) is 18.5 Å². The molecule has 1 aromatic carbocycles. The second-order valence-corrected chi connectivity index (χ2v) is 4.75. The van der Waals surface area contributed by atoms with Gasteiger partial charge in [0, 0.05) is 22.3 Å². The molecule has 2 rings (SSSR count). The van der Waals surface area contributed by atoms with Crippen molar-refractivity contribution in [2.24, 2.45) is 0 Å². The summed E-state index contributed by atoms with van der Waals surface area (Å²) in [6, 6.07) is 6.73. The fraction of sp³-hybridized carbons (Fsp3) is 0.154. The highest BCUT2D eigenvalue weighted by atomic mass is 35.5. The van der Waals surface area contributed by atoms with Gasteiger partial charge in [0.15, 0.2) is 0 Å². The number of carboxylic acid groups (broad SMARTS) is 1. The first-order chi connectivity index (χ1) is 9.95. The van der Waals surface area contributed by atoms with Crippen LogP contribution < -0.4 is 10.9 Å². The van der Waals surface area contributed by atoms with Crippen LogP contribution in [0.15, 0.2) is 24.3 Å². The van der Waals surface area contributed by atoms with Crippen molar-refractivity contribution in [3.63, 3.8) is 0 Å². The highest BCUT2D eigenvalue weighted by Crippen LogP contribution is 2.19. The van der Waals surface area contributed by atoms with E-state index in [1.807, 2.05) is 0 Å². The summed E-state index contributed by atoms with van der Waals surface area (Å²) in [6.07, 6.45) is -0.509. The summed E-state index contributed by atoms with van der Waals surface area (Å²) in [5.41, 5.74) is 5.34. The van der Waals surface area contributed by atoms with E-state index in [4.69, 9.17) is 16.7 Å². The van der Waals surface area contributed by atoms with Gasteiger partial charge < -0.3 is 10.1 Å². The number of hydrogen-bond donors (Lipinski definition) is 4. The third kappa shape index (κ3) is 3.96. The highest BCUT2D eigenvalue weighted by Gasteiger charge is 2.11. The second kappa shape index (κ2) is 6.27. The lowest BCUT2D eigenvalue weighted by atomic mass is 10.2. The van der Waals surface area contributed by atoms with Crippen LogP contribution in [0.2, 0.25) is 5.02 Å². The van der Waals surface area contributed by atoms with Crippen molar-refractivity contribution in [2.45, 2.75) is 12.8 Å². The minimum Gasteiger partial charge on any atom is -0.481 e. The molecule has 8 heteroatoms. The number of amides is 2. The molecule has 0 aliphatic rings. The van der Waals surface area contributed by atoms with E-state index >= 15 is 0 Å². The van der Waals surface area contributed by atoms with Gasteiger partial charge in [0.05, 0.1) is 6.42 Å². The van der Waals surface area contributed by atoms with Gasteiger partial charge in [-0.05, 0) is 24.3 Å². The summed E-state index contributed by atoms with van der Waals surface area (Å²) < 4.78 is 0. The first-order valence-corrected chi connectivity index (χ1v) is 6.43. The molecule has 0 spiro atoms. The first kappa shape index (κ1) is 14.9. The van der Waals surface area contributed by atoms with Gasteiger partial charge in [-0.15, -0.1) is 0 Å². The Hall–Kier alpha value is -2.54. The Balaban J connectivity index is 1.96. The topological polar surface area (TPSA) is 111 Å². The fourth-order valence-corrected chi connectivity index (χ4v) is 1.88. The maximum atomic E-state index is 11.8. The van der Waals surface area contributed by atoms with Crippen molar-refractivity contribution in [3.05, 3.63) is 35.0 Å². The number of aliphatic carboxylic acids is 1. The average molecular weight is 310 g/mol. The Morgan fingerprint density at radius 1 is 1.14 bits per heavy atom. The normalized spacial score (nSPS) is 10.3. The molecule has 0 aliphatic carbocycles. The number of carboxylic acids is 1. The second-order valence-electron chi connectivity index (χ2n) is 4.31. The van der Waals surface area contributed by atoms with Gasteiger partial charge in [-0.3, -0.25) is 25.2 Å². The van der Waals surface area contributed by atoms with E-state index in [9.17, 15) is 14.4 Å². The number of hydrazine groups is 1. The lowest BCUT2D eigenvalue weighted by Gasteiger charge is -2.05. The van der Waals surface area contributed by atoms with Crippen LogP contribution in [0.1, 0.15) is 23.3 Å². The lowest BCUT2D eigenvalue weighted by molar-refractivity contribution is -0.138. The molecular formula is C13H12ClN3O4. The molecule has 0 fully saturated rings. The maximum Gasteiger partial charge on any atom is 0.303 e. The zero-order chi connectivity index (χ0) is 15.4. The lowest BCUT2D eigenvalue weighted by Crippen LogP contribution is -2.41. The number of fused-ring (bicyclic) bond motifs is 1. The van der Waals surface area contributed by atoms with Crippen LogP contribution in [-0.2, 0) is 9.59 Å². The van der Waals surface area contributed by atoms with Crippen LogP contribution in [0.25, 0.3) is 10.9 Å². The number of hydrogen-bond acceptors (Lipinski definition) is 3. The number of aromatic nitrogens is 1.